The van der Waals surface area contributed by atoms with Gasteiger partial charge in [0.05, 0.1) is 42.5 Å². The maximum absolute atomic E-state index is 15.1. The van der Waals surface area contributed by atoms with Crippen LogP contribution in [0.4, 0.5) is 4.79 Å². The van der Waals surface area contributed by atoms with Gasteiger partial charge in [0.25, 0.3) is 11.8 Å². The van der Waals surface area contributed by atoms with Crippen molar-refractivity contribution >= 4 is 70.5 Å². The first-order valence-corrected chi connectivity index (χ1v) is 25.5. The van der Waals surface area contributed by atoms with E-state index in [1.54, 1.807) is 60.5 Å². The predicted molar refractivity (Wildman–Crippen MR) is 279 cm³/mol. The van der Waals surface area contributed by atoms with Crippen LogP contribution in [0.1, 0.15) is 100 Å². The number of methoxy groups -OCH3 is 1. The summed E-state index contributed by atoms with van der Waals surface area (Å²) in [4.78, 5) is 104. The van der Waals surface area contributed by atoms with E-state index in [0.29, 0.717) is 45.9 Å². The minimum Gasteiger partial charge on any atom is -0.497 e. The van der Waals surface area contributed by atoms with E-state index in [9.17, 15) is 28.8 Å². The second kappa shape index (κ2) is 22.8. The number of urea groups is 1. The number of fused-ring (bicyclic) bond motifs is 1. The number of amides is 8. The van der Waals surface area contributed by atoms with Crippen molar-refractivity contribution in [1.29, 1.82) is 0 Å². The molecule has 75 heavy (non-hydrogen) atoms. The quantitative estimate of drug-likeness (QED) is 0.0688. The Kier molecular flexibility index (Phi) is 15.8. The van der Waals surface area contributed by atoms with Crippen LogP contribution in [0.2, 0.25) is 10.0 Å². The Morgan fingerprint density at radius 1 is 0.800 bits per heavy atom. The Morgan fingerprint density at radius 3 is 2.19 bits per heavy atom. The average molecular weight is 1060 g/mol. The number of aryl methyl sites for hydroxylation is 1. The van der Waals surface area contributed by atoms with Crippen LogP contribution >= 0.6 is 23.2 Å². The number of hydrogen-bond acceptors (Lipinski definition) is 11. The normalized spacial score (nSPS) is 18.6. The van der Waals surface area contributed by atoms with E-state index in [1.165, 1.54) is 15.9 Å². The Hall–Kier alpha value is -7.76. The Balaban J connectivity index is 0.780. The summed E-state index contributed by atoms with van der Waals surface area (Å²) in [5, 5.41) is 6.22. The van der Waals surface area contributed by atoms with E-state index in [1.807, 2.05) is 68.4 Å². The molecule has 19 heteroatoms. The third-order valence-corrected chi connectivity index (χ3v) is 14.0. The number of rotatable bonds is 17. The van der Waals surface area contributed by atoms with Crippen LogP contribution < -0.4 is 24.8 Å². The van der Waals surface area contributed by atoms with Crippen molar-refractivity contribution in [3.05, 3.63) is 158 Å². The number of carbonyl (C=O) groups excluding carboxylic acids is 7. The molecule has 9 rings (SSSR count). The number of imide groups is 2. The monoisotopic (exact) mass is 1060 g/mol. The second-order valence-electron chi connectivity index (χ2n) is 18.9. The van der Waals surface area contributed by atoms with Gasteiger partial charge in [0.2, 0.25) is 23.6 Å². The molecule has 17 nitrogen and oxygen atoms in total. The number of ether oxygens (including phenoxy) is 3. The van der Waals surface area contributed by atoms with Crippen molar-refractivity contribution in [2.75, 3.05) is 39.8 Å². The third kappa shape index (κ3) is 11.5. The summed E-state index contributed by atoms with van der Waals surface area (Å²) in [6.45, 7) is 4.26. The van der Waals surface area contributed by atoms with Gasteiger partial charge in [-0.2, -0.15) is 0 Å². The van der Waals surface area contributed by atoms with E-state index in [-0.39, 0.29) is 80.4 Å². The summed E-state index contributed by atoms with van der Waals surface area (Å²) in [7, 11) is 1.56. The fourth-order valence-electron chi connectivity index (χ4n) is 9.69. The summed E-state index contributed by atoms with van der Waals surface area (Å²) < 4.78 is 17.9. The summed E-state index contributed by atoms with van der Waals surface area (Å²) in [6, 6.07) is 29.7. The molecule has 0 spiro atoms. The number of hydrogen-bond donors (Lipinski definition) is 2. The lowest BCUT2D eigenvalue weighted by Crippen LogP contribution is -2.57. The van der Waals surface area contributed by atoms with Crippen molar-refractivity contribution in [3.63, 3.8) is 0 Å². The molecule has 388 valence electrons. The number of piperidine rings is 1. The zero-order valence-electron chi connectivity index (χ0n) is 41.6. The number of aliphatic imine (C=N–C) groups is 1. The fourth-order valence-corrected chi connectivity index (χ4v) is 9.94. The van der Waals surface area contributed by atoms with Gasteiger partial charge in [-0.05, 0) is 110 Å². The number of benzene rings is 5. The van der Waals surface area contributed by atoms with Gasteiger partial charge in [0, 0.05) is 42.2 Å². The lowest BCUT2D eigenvalue weighted by molar-refractivity contribution is -0.139. The average Bonchev–Trinajstić information content (AvgIpc) is 3.97. The maximum atomic E-state index is 15.1. The minimum absolute atomic E-state index is 0.0277. The first-order chi connectivity index (χ1) is 36.2. The summed E-state index contributed by atoms with van der Waals surface area (Å²) in [5.41, 5.74) is 4.29. The van der Waals surface area contributed by atoms with Gasteiger partial charge in [-0.1, -0.05) is 77.8 Å². The first-order valence-electron chi connectivity index (χ1n) is 24.8. The molecule has 0 radical (unpaired) electrons. The van der Waals surface area contributed by atoms with Gasteiger partial charge in [-0.25, -0.2) is 4.79 Å². The number of nitrogens with one attached hydrogen (secondary N) is 2. The number of nitrogens with zero attached hydrogens (tertiary/aromatic N) is 5. The van der Waals surface area contributed by atoms with Crippen LogP contribution in [0.25, 0.3) is 0 Å². The topological polar surface area (TPSA) is 197 Å². The Morgan fingerprint density at radius 2 is 1.51 bits per heavy atom. The van der Waals surface area contributed by atoms with E-state index >= 15 is 4.79 Å². The van der Waals surface area contributed by atoms with E-state index in [4.69, 9.17) is 42.4 Å². The maximum Gasteiger partial charge on any atom is 0.326 e. The third-order valence-electron chi connectivity index (χ3n) is 13.5. The highest BCUT2D eigenvalue weighted by Gasteiger charge is 2.47. The molecule has 0 bridgehead atoms. The molecule has 4 aliphatic rings. The van der Waals surface area contributed by atoms with E-state index < -0.39 is 47.8 Å². The van der Waals surface area contributed by atoms with Crippen LogP contribution in [-0.4, -0.2) is 119 Å². The van der Waals surface area contributed by atoms with Gasteiger partial charge in [-0.3, -0.25) is 48.9 Å². The molecule has 0 aliphatic carbocycles. The van der Waals surface area contributed by atoms with Crippen molar-refractivity contribution in [2.24, 2.45) is 4.99 Å². The SMILES string of the molecule is COc1ccc(C2=N[C@@H](c3ccc(Cl)cc3)[C@@H](c3ccc(Cl)cc3)N2C(=O)N2CCN(CC(=O)NCCCCc3ccc(COc4cccc5c4C(=O)N(C4CCC(=O)NC4=O)C5=O)cc3)C(=O)C2)c(OC(C)C)c1. The largest absolute Gasteiger partial charge is 0.497 e. The highest BCUT2D eigenvalue weighted by atomic mass is 35.5. The van der Waals surface area contributed by atoms with Gasteiger partial charge < -0.3 is 29.3 Å². The number of carbonyl (C=O) groups is 7. The highest BCUT2D eigenvalue weighted by Crippen LogP contribution is 2.46. The standard InChI is InChI=1S/C56H55Cl2N7O10/c1-33(2)75-45-29-40(73-3)22-23-41(45)52-61-50(36-14-18-38(57)19-15-36)51(37-16-20-39(58)21-17-37)65(52)56(72)63-28-27-62(48(68)31-63)30-47(67)59-26-5-4-7-34-10-12-35(13-11-34)32-74-44-9-6-8-42-49(44)55(71)64(54(42)70)43-24-25-46(66)60-53(43)69/h6,8-23,29,33,43,50-51H,4-5,7,24-28,30-32H2,1-3H3,(H,59,67)(H,60,66,69)/t43?,50-,51+/m0/s1. The van der Waals surface area contributed by atoms with E-state index in [2.05, 4.69) is 10.6 Å². The molecule has 0 aromatic heterocycles. The molecule has 5 aromatic carbocycles. The van der Waals surface area contributed by atoms with Crippen LogP contribution in [0.15, 0.2) is 114 Å². The number of piperazine rings is 1. The minimum atomic E-state index is -1.07. The van der Waals surface area contributed by atoms with Crippen LogP contribution in [0, 0.1) is 0 Å². The van der Waals surface area contributed by atoms with Gasteiger partial charge >= 0.3 is 6.03 Å². The molecule has 4 aliphatic heterocycles. The molecule has 2 fully saturated rings. The lowest BCUT2D eigenvalue weighted by Gasteiger charge is -2.38. The number of unbranched alkanes of at least 4 members (excludes halogenated alkanes) is 1. The molecule has 2 N–H and O–H groups in total. The molecule has 2 saturated heterocycles. The van der Waals surface area contributed by atoms with Gasteiger partial charge in [0.1, 0.15) is 48.3 Å². The van der Waals surface area contributed by atoms with Crippen LogP contribution in [-0.2, 0) is 32.2 Å². The van der Waals surface area contributed by atoms with Gasteiger partial charge in [-0.15, -0.1) is 0 Å². The zero-order chi connectivity index (χ0) is 52.9. The fraction of sp³-hybridized carbons (Fsp3) is 0.321. The van der Waals surface area contributed by atoms with Gasteiger partial charge in [0.15, 0.2) is 0 Å². The number of amidine groups is 1. The lowest BCUT2D eigenvalue weighted by atomic mass is 9.93. The zero-order valence-corrected chi connectivity index (χ0v) is 43.1. The predicted octanol–water partition coefficient (Wildman–Crippen LogP) is 7.72. The Bertz CT molecular complexity index is 3060. The van der Waals surface area contributed by atoms with Crippen molar-refractivity contribution < 1.29 is 47.8 Å². The molecule has 8 amide bonds. The molecular formula is C56H55Cl2N7O10. The van der Waals surface area contributed by atoms with Crippen LogP contribution in [0.5, 0.6) is 17.2 Å². The van der Waals surface area contributed by atoms with Crippen molar-refractivity contribution in [1.82, 2.24) is 30.2 Å². The molecule has 5 aromatic rings. The summed E-state index contributed by atoms with van der Waals surface area (Å²) in [6.07, 6.45) is 2.09. The molecule has 4 heterocycles. The van der Waals surface area contributed by atoms with Crippen molar-refractivity contribution in [3.8, 4) is 17.2 Å². The summed E-state index contributed by atoms with van der Waals surface area (Å²) >= 11 is 12.7. The molecule has 0 saturated carbocycles. The summed E-state index contributed by atoms with van der Waals surface area (Å²) in [5.74, 6) is -1.42. The molecule has 3 atom stereocenters. The van der Waals surface area contributed by atoms with Crippen molar-refractivity contribution in [2.45, 2.75) is 76.8 Å². The smallest absolute Gasteiger partial charge is 0.326 e. The second-order valence-corrected chi connectivity index (χ2v) is 19.8. The highest BCUT2D eigenvalue weighted by molar-refractivity contribution is 6.31. The number of halogens is 2. The van der Waals surface area contributed by atoms with Crippen LogP contribution in [0.3, 0.4) is 0 Å². The molecule has 1 unspecified atom stereocenters. The molecular weight excluding hydrogens is 1000 g/mol. The van der Waals surface area contributed by atoms with E-state index in [0.717, 1.165) is 40.0 Å². The Labute approximate surface area is 443 Å². The first kappa shape index (κ1) is 52.1.